The van der Waals surface area contributed by atoms with E-state index < -0.39 is 11.7 Å². The second-order valence-corrected chi connectivity index (χ2v) is 3.32. The van der Waals surface area contributed by atoms with Crippen LogP contribution in [0, 0.1) is 12.7 Å². The summed E-state index contributed by atoms with van der Waals surface area (Å²) in [4.78, 5) is 22.3. The largest absolute Gasteiger partial charge is 0.358 e. The summed E-state index contributed by atoms with van der Waals surface area (Å²) in [5.41, 5.74) is 0.676. The summed E-state index contributed by atoms with van der Waals surface area (Å²) in [6, 6.07) is 4.18. The molecule has 0 atom stereocenters. The van der Waals surface area contributed by atoms with E-state index in [9.17, 15) is 14.0 Å². The maximum Gasteiger partial charge on any atom is 0.251 e. The van der Waals surface area contributed by atoms with Gasteiger partial charge in [0, 0.05) is 12.6 Å². The Labute approximate surface area is 92.8 Å². The second-order valence-electron chi connectivity index (χ2n) is 3.32. The fraction of sp³-hybridized carbons (Fsp3) is 0.273. The van der Waals surface area contributed by atoms with Crippen LogP contribution in [0.1, 0.15) is 15.9 Å². The van der Waals surface area contributed by atoms with Gasteiger partial charge in [0.05, 0.1) is 6.54 Å². The van der Waals surface area contributed by atoms with E-state index in [-0.39, 0.29) is 18.0 Å². The first kappa shape index (κ1) is 12.2. The van der Waals surface area contributed by atoms with Crippen molar-refractivity contribution in [2.24, 2.45) is 0 Å². The Morgan fingerprint density at radius 2 is 2.06 bits per heavy atom. The van der Waals surface area contributed by atoms with Crippen LogP contribution in [0.5, 0.6) is 0 Å². The molecule has 1 rings (SSSR count). The molecule has 2 N–H and O–H groups in total. The van der Waals surface area contributed by atoms with Gasteiger partial charge in [0.2, 0.25) is 5.91 Å². The number of benzene rings is 1. The monoisotopic (exact) mass is 224 g/mol. The lowest BCUT2D eigenvalue weighted by molar-refractivity contribution is -0.119. The molecule has 0 bridgehead atoms. The number of carbonyl (C=O) groups excluding carboxylic acids is 2. The van der Waals surface area contributed by atoms with Crippen molar-refractivity contribution >= 4 is 11.8 Å². The molecule has 0 aromatic heterocycles. The number of carbonyl (C=O) groups is 2. The van der Waals surface area contributed by atoms with Gasteiger partial charge in [-0.05, 0) is 24.6 Å². The number of hydrogen-bond donors (Lipinski definition) is 2. The number of nitrogens with one attached hydrogen (secondary N) is 2. The lowest BCUT2D eigenvalue weighted by Gasteiger charge is -2.05. The number of rotatable bonds is 3. The van der Waals surface area contributed by atoms with Crippen LogP contribution in [-0.4, -0.2) is 25.4 Å². The predicted octanol–water partition coefficient (Wildman–Crippen LogP) is 0.610. The van der Waals surface area contributed by atoms with E-state index in [1.807, 2.05) is 0 Å². The van der Waals surface area contributed by atoms with Gasteiger partial charge in [-0.15, -0.1) is 0 Å². The van der Waals surface area contributed by atoms with E-state index in [1.165, 1.54) is 19.2 Å². The first-order valence-corrected chi connectivity index (χ1v) is 4.79. The quantitative estimate of drug-likeness (QED) is 0.790. The van der Waals surface area contributed by atoms with Crippen LogP contribution in [-0.2, 0) is 4.79 Å². The van der Waals surface area contributed by atoms with Gasteiger partial charge in [0.25, 0.3) is 5.91 Å². The Balaban J connectivity index is 2.66. The van der Waals surface area contributed by atoms with Gasteiger partial charge in [-0.1, -0.05) is 6.07 Å². The number of amides is 2. The summed E-state index contributed by atoms with van der Waals surface area (Å²) in [6.07, 6.45) is 0. The van der Waals surface area contributed by atoms with E-state index in [0.29, 0.717) is 5.56 Å². The maximum absolute atomic E-state index is 13.1. The Hall–Kier alpha value is -1.91. The summed E-state index contributed by atoms with van der Waals surface area (Å²) >= 11 is 0. The molecule has 4 nitrogen and oxygen atoms in total. The highest BCUT2D eigenvalue weighted by atomic mass is 19.1. The van der Waals surface area contributed by atoms with Gasteiger partial charge in [0.15, 0.2) is 0 Å². The van der Waals surface area contributed by atoms with Crippen molar-refractivity contribution in [2.75, 3.05) is 13.6 Å². The second kappa shape index (κ2) is 5.25. The van der Waals surface area contributed by atoms with Crippen molar-refractivity contribution < 1.29 is 14.0 Å². The van der Waals surface area contributed by atoms with E-state index in [2.05, 4.69) is 10.6 Å². The van der Waals surface area contributed by atoms with E-state index in [0.717, 1.165) is 6.07 Å². The number of aryl methyl sites for hydroxylation is 1. The lowest BCUT2D eigenvalue weighted by atomic mass is 10.1. The van der Waals surface area contributed by atoms with E-state index in [1.54, 1.807) is 6.92 Å². The number of halogens is 1. The fourth-order valence-corrected chi connectivity index (χ4v) is 1.09. The highest BCUT2D eigenvalue weighted by Gasteiger charge is 2.08. The minimum Gasteiger partial charge on any atom is -0.358 e. The third-order valence-electron chi connectivity index (χ3n) is 2.12. The van der Waals surface area contributed by atoms with Gasteiger partial charge in [-0.3, -0.25) is 9.59 Å². The van der Waals surface area contributed by atoms with Crippen molar-refractivity contribution in [3.63, 3.8) is 0 Å². The molecule has 0 saturated heterocycles. The molecule has 1 aromatic rings. The molecule has 0 saturated carbocycles. The van der Waals surface area contributed by atoms with Gasteiger partial charge in [-0.2, -0.15) is 0 Å². The molecule has 0 fully saturated rings. The van der Waals surface area contributed by atoms with Crippen molar-refractivity contribution in [1.82, 2.24) is 10.6 Å². The van der Waals surface area contributed by atoms with E-state index in [4.69, 9.17) is 0 Å². The summed E-state index contributed by atoms with van der Waals surface area (Å²) in [5, 5.41) is 4.74. The van der Waals surface area contributed by atoms with Gasteiger partial charge < -0.3 is 10.6 Å². The summed E-state index contributed by atoms with van der Waals surface area (Å²) in [7, 11) is 1.47. The number of hydrogen-bond acceptors (Lipinski definition) is 2. The molecule has 2 amide bonds. The maximum atomic E-state index is 13.1. The zero-order valence-electron chi connectivity index (χ0n) is 9.13. The Bertz CT molecular complexity index is 418. The average molecular weight is 224 g/mol. The molecular weight excluding hydrogens is 211 g/mol. The zero-order chi connectivity index (χ0) is 12.1. The topological polar surface area (TPSA) is 58.2 Å². The van der Waals surface area contributed by atoms with Crippen LogP contribution < -0.4 is 10.6 Å². The van der Waals surface area contributed by atoms with Gasteiger partial charge >= 0.3 is 0 Å². The lowest BCUT2D eigenvalue weighted by Crippen LogP contribution is -2.35. The van der Waals surface area contributed by atoms with Crippen LogP contribution in [0.15, 0.2) is 18.2 Å². The average Bonchev–Trinajstić information content (AvgIpc) is 2.29. The minimum atomic E-state index is -0.470. The molecule has 0 aliphatic rings. The van der Waals surface area contributed by atoms with Crippen LogP contribution in [0.25, 0.3) is 0 Å². The number of likely N-dealkylation sites (N-methyl/N-ethyl adjacent to an activating group) is 1. The van der Waals surface area contributed by atoms with Crippen LogP contribution in [0.3, 0.4) is 0 Å². The Morgan fingerprint density at radius 1 is 1.38 bits per heavy atom. The first-order valence-electron chi connectivity index (χ1n) is 4.79. The molecule has 5 heteroatoms. The molecular formula is C11H13FN2O2. The molecule has 0 aliphatic heterocycles. The van der Waals surface area contributed by atoms with Crippen LogP contribution >= 0.6 is 0 Å². The highest BCUT2D eigenvalue weighted by Crippen LogP contribution is 2.08. The molecule has 0 heterocycles. The summed E-state index contributed by atoms with van der Waals surface area (Å²) < 4.78 is 13.1. The zero-order valence-corrected chi connectivity index (χ0v) is 9.13. The third kappa shape index (κ3) is 3.05. The molecule has 0 radical (unpaired) electrons. The molecule has 1 aromatic carbocycles. The standard InChI is InChI=1S/C11H13FN2O2/c1-7-3-4-8(5-9(7)12)11(16)14-6-10(15)13-2/h3-5H,6H2,1-2H3,(H,13,15)(H,14,16). The Morgan fingerprint density at radius 3 is 2.62 bits per heavy atom. The highest BCUT2D eigenvalue weighted by molar-refractivity contribution is 5.96. The summed E-state index contributed by atoms with van der Waals surface area (Å²) in [6.45, 7) is 1.49. The predicted molar refractivity (Wildman–Crippen MR) is 57.5 cm³/mol. The van der Waals surface area contributed by atoms with Crippen molar-refractivity contribution in [3.05, 3.63) is 35.1 Å². The van der Waals surface area contributed by atoms with Crippen LogP contribution in [0.4, 0.5) is 4.39 Å². The Kier molecular flexibility index (Phi) is 3.99. The smallest absolute Gasteiger partial charge is 0.251 e. The van der Waals surface area contributed by atoms with Crippen molar-refractivity contribution in [2.45, 2.75) is 6.92 Å². The van der Waals surface area contributed by atoms with Crippen molar-refractivity contribution in [1.29, 1.82) is 0 Å². The molecule has 0 unspecified atom stereocenters. The van der Waals surface area contributed by atoms with E-state index >= 15 is 0 Å². The fourth-order valence-electron chi connectivity index (χ4n) is 1.09. The molecule has 86 valence electrons. The minimum absolute atomic E-state index is 0.120. The van der Waals surface area contributed by atoms with Crippen LogP contribution in [0.2, 0.25) is 0 Å². The normalized spacial score (nSPS) is 9.69. The molecule has 0 aliphatic carbocycles. The van der Waals surface area contributed by atoms with Gasteiger partial charge in [0.1, 0.15) is 5.82 Å². The van der Waals surface area contributed by atoms with Gasteiger partial charge in [-0.25, -0.2) is 4.39 Å². The third-order valence-corrected chi connectivity index (χ3v) is 2.12. The van der Waals surface area contributed by atoms with Crippen molar-refractivity contribution in [3.8, 4) is 0 Å². The molecule has 16 heavy (non-hydrogen) atoms. The SMILES string of the molecule is CNC(=O)CNC(=O)c1ccc(C)c(F)c1. The summed E-state index contributed by atoms with van der Waals surface area (Å²) in [5.74, 6) is -1.21. The molecule has 0 spiro atoms. The first-order chi connectivity index (χ1) is 7.54.